The summed E-state index contributed by atoms with van der Waals surface area (Å²) < 4.78 is 0. The Kier molecular flexibility index (Phi) is 3.10. The summed E-state index contributed by atoms with van der Waals surface area (Å²) in [7, 11) is 0. The second-order valence-corrected chi connectivity index (χ2v) is 4.13. The zero-order chi connectivity index (χ0) is 11.5. The van der Waals surface area contributed by atoms with Crippen LogP contribution in [0.3, 0.4) is 0 Å². The van der Waals surface area contributed by atoms with Crippen LogP contribution in [0.4, 0.5) is 11.4 Å². The number of carbonyl (C=O) groups is 1. The average Bonchev–Trinajstić information content (AvgIpc) is 2.30. The van der Waals surface area contributed by atoms with Crippen LogP contribution in [0, 0.1) is 6.92 Å². The van der Waals surface area contributed by atoms with Gasteiger partial charge in [-0.1, -0.05) is 0 Å². The number of anilines is 2. The normalized spacial score (nSPS) is 16.4. The molecule has 0 saturated carbocycles. The van der Waals surface area contributed by atoms with Crippen LogP contribution in [0.25, 0.3) is 0 Å². The smallest absolute Gasteiger partial charge is 0.226 e. The molecule has 1 aromatic carbocycles. The van der Waals surface area contributed by atoms with Gasteiger partial charge in [-0.25, -0.2) is 0 Å². The number of amides is 1. The number of piperidine rings is 1. The number of carbonyl (C=O) groups excluding carboxylic acids is 1. The van der Waals surface area contributed by atoms with Gasteiger partial charge in [0.1, 0.15) is 5.69 Å². The first-order valence-corrected chi connectivity index (χ1v) is 5.56. The van der Waals surface area contributed by atoms with Crippen molar-refractivity contribution < 1.29 is 10.0 Å². The number of hydrogen-bond donors (Lipinski definition) is 1. The van der Waals surface area contributed by atoms with E-state index in [9.17, 15) is 4.79 Å². The average molecular weight is 221 g/mol. The van der Waals surface area contributed by atoms with Crippen LogP contribution in [0.15, 0.2) is 18.2 Å². The summed E-state index contributed by atoms with van der Waals surface area (Å²) >= 11 is 0. The van der Waals surface area contributed by atoms with Crippen molar-refractivity contribution in [3.05, 3.63) is 23.8 Å². The molecule has 0 radical (unpaired) electrons. The zero-order valence-electron chi connectivity index (χ0n) is 9.42. The van der Waals surface area contributed by atoms with E-state index in [4.69, 9.17) is 5.21 Å². The number of nitrogens with one attached hydrogen (secondary N) is 1. The van der Waals surface area contributed by atoms with Crippen molar-refractivity contribution in [1.82, 2.24) is 0 Å². The van der Waals surface area contributed by atoms with E-state index in [2.05, 4.69) is 5.48 Å². The van der Waals surface area contributed by atoms with Crippen LogP contribution >= 0.6 is 0 Å². The molecule has 1 aliphatic heterocycles. The molecule has 0 atom stereocenters. The van der Waals surface area contributed by atoms with Crippen molar-refractivity contribution in [2.45, 2.75) is 26.2 Å². The highest BCUT2D eigenvalue weighted by Crippen LogP contribution is 2.26. The van der Waals surface area contributed by atoms with Gasteiger partial charge in [-0.15, -0.1) is 0 Å². The lowest BCUT2D eigenvalue weighted by Gasteiger charge is -2.28. The predicted molar refractivity (Wildman–Crippen MR) is 64.6 cm³/mol. The van der Waals surface area contributed by atoms with E-state index in [1.807, 2.05) is 30.0 Å². The standard InChI is InChI=1S/C12H16N2O2/c1-9-8-10(13-16)5-6-11(9)14-7-3-2-4-12(14)15/h5-6,8,13,16H,2-4,7H2,1H3/p+1. The SMILES string of the molecule is Cc1cc(N[OH2+])ccc1N1CCCCC1=O. The molecule has 0 aliphatic carbocycles. The highest BCUT2D eigenvalue weighted by atomic mass is 16.5. The molecule has 0 spiro atoms. The minimum absolute atomic E-state index is 0.209. The number of nitrogens with zero attached hydrogens (tertiary/aromatic N) is 1. The number of benzene rings is 1. The lowest BCUT2D eigenvalue weighted by Crippen LogP contribution is -2.35. The van der Waals surface area contributed by atoms with E-state index in [1.165, 1.54) is 0 Å². The molecule has 1 aliphatic rings. The summed E-state index contributed by atoms with van der Waals surface area (Å²) in [4.78, 5) is 13.6. The number of aryl methyl sites for hydroxylation is 1. The molecular weight excluding hydrogens is 204 g/mol. The van der Waals surface area contributed by atoms with Crippen molar-refractivity contribution in [3.63, 3.8) is 0 Å². The first-order valence-electron chi connectivity index (χ1n) is 5.56. The van der Waals surface area contributed by atoms with Gasteiger partial charge in [-0.3, -0.25) is 4.79 Å². The van der Waals surface area contributed by atoms with Gasteiger partial charge in [0.05, 0.1) is 0 Å². The number of rotatable bonds is 2. The van der Waals surface area contributed by atoms with Gasteiger partial charge in [0.2, 0.25) is 5.91 Å². The molecule has 1 aromatic rings. The Bertz CT molecular complexity index is 404. The summed E-state index contributed by atoms with van der Waals surface area (Å²) in [6.45, 7) is 2.78. The second-order valence-electron chi connectivity index (χ2n) is 4.13. The third kappa shape index (κ3) is 2.02. The van der Waals surface area contributed by atoms with Crippen molar-refractivity contribution in [1.29, 1.82) is 0 Å². The van der Waals surface area contributed by atoms with Crippen molar-refractivity contribution in [2.75, 3.05) is 16.9 Å². The summed E-state index contributed by atoms with van der Waals surface area (Å²) in [5, 5.41) is 7.06. The van der Waals surface area contributed by atoms with Crippen molar-refractivity contribution >= 4 is 17.3 Å². The zero-order valence-corrected chi connectivity index (χ0v) is 9.42. The lowest BCUT2D eigenvalue weighted by atomic mass is 10.1. The van der Waals surface area contributed by atoms with Crippen LogP contribution in [0.2, 0.25) is 0 Å². The maximum Gasteiger partial charge on any atom is 0.226 e. The Labute approximate surface area is 94.8 Å². The van der Waals surface area contributed by atoms with E-state index in [1.54, 1.807) is 0 Å². The minimum Gasteiger partial charge on any atom is -0.313 e. The molecule has 1 saturated heterocycles. The molecule has 0 unspecified atom stereocenters. The van der Waals surface area contributed by atoms with Gasteiger partial charge in [0.25, 0.3) is 0 Å². The molecule has 4 heteroatoms. The molecule has 0 aromatic heterocycles. The van der Waals surface area contributed by atoms with Crippen molar-refractivity contribution in [3.8, 4) is 0 Å². The maximum absolute atomic E-state index is 11.8. The highest BCUT2D eigenvalue weighted by molar-refractivity contribution is 5.94. The molecule has 2 rings (SSSR count). The van der Waals surface area contributed by atoms with E-state index < -0.39 is 0 Å². The largest absolute Gasteiger partial charge is 0.313 e. The van der Waals surface area contributed by atoms with Gasteiger partial charge >= 0.3 is 0 Å². The van der Waals surface area contributed by atoms with Gasteiger partial charge in [0.15, 0.2) is 0 Å². The van der Waals surface area contributed by atoms with Crippen LogP contribution in [-0.2, 0) is 4.79 Å². The molecule has 16 heavy (non-hydrogen) atoms. The van der Waals surface area contributed by atoms with Crippen LogP contribution in [-0.4, -0.2) is 17.7 Å². The summed E-state index contributed by atoms with van der Waals surface area (Å²) in [6, 6.07) is 5.64. The van der Waals surface area contributed by atoms with Crippen LogP contribution in [0.5, 0.6) is 0 Å². The minimum atomic E-state index is 0.209. The fourth-order valence-electron chi connectivity index (χ4n) is 2.10. The fourth-order valence-corrected chi connectivity index (χ4v) is 2.10. The fraction of sp³-hybridized carbons (Fsp3) is 0.417. The molecule has 1 fully saturated rings. The van der Waals surface area contributed by atoms with E-state index in [0.717, 1.165) is 36.3 Å². The third-order valence-corrected chi connectivity index (χ3v) is 2.96. The Hall–Kier alpha value is -1.55. The van der Waals surface area contributed by atoms with Gasteiger partial charge in [-0.05, 0) is 43.5 Å². The summed E-state index contributed by atoms with van der Waals surface area (Å²) in [5.74, 6) is 0.209. The van der Waals surface area contributed by atoms with Gasteiger partial charge in [0, 0.05) is 18.7 Å². The Morgan fingerprint density at radius 3 is 2.81 bits per heavy atom. The predicted octanol–water partition coefficient (Wildman–Crippen LogP) is 1.56. The Morgan fingerprint density at radius 1 is 1.38 bits per heavy atom. The Morgan fingerprint density at radius 2 is 2.19 bits per heavy atom. The monoisotopic (exact) mass is 221 g/mol. The highest BCUT2D eigenvalue weighted by Gasteiger charge is 2.20. The van der Waals surface area contributed by atoms with Gasteiger partial charge < -0.3 is 10.1 Å². The summed E-state index contributed by atoms with van der Waals surface area (Å²) in [5.41, 5.74) is 5.12. The van der Waals surface area contributed by atoms with E-state index in [-0.39, 0.29) is 5.91 Å². The lowest BCUT2D eigenvalue weighted by molar-refractivity contribution is -0.119. The van der Waals surface area contributed by atoms with E-state index >= 15 is 0 Å². The topological polar surface area (TPSA) is 55.2 Å². The van der Waals surface area contributed by atoms with Crippen LogP contribution < -0.4 is 10.4 Å². The van der Waals surface area contributed by atoms with E-state index in [0.29, 0.717) is 6.42 Å². The molecule has 1 heterocycles. The maximum atomic E-state index is 11.8. The molecular formula is C12H17N2O2+. The van der Waals surface area contributed by atoms with Crippen molar-refractivity contribution in [2.24, 2.45) is 0 Å². The third-order valence-electron chi connectivity index (χ3n) is 2.96. The quantitative estimate of drug-likeness (QED) is 0.608. The second kappa shape index (κ2) is 4.53. The number of hydrogen-bond acceptors (Lipinski definition) is 2. The molecule has 4 nitrogen and oxygen atoms in total. The summed E-state index contributed by atoms with van der Waals surface area (Å²) in [6.07, 6.45) is 2.72. The molecule has 1 amide bonds. The van der Waals surface area contributed by atoms with Crippen LogP contribution in [0.1, 0.15) is 24.8 Å². The van der Waals surface area contributed by atoms with Gasteiger partial charge in [-0.2, -0.15) is 5.48 Å². The molecule has 0 bridgehead atoms. The molecule has 86 valence electrons. The first kappa shape index (κ1) is 11.0. The molecule has 3 N–H and O–H groups in total. The first-order chi connectivity index (χ1) is 7.72. The Balaban J connectivity index is 2.28.